The summed E-state index contributed by atoms with van der Waals surface area (Å²) in [6, 6.07) is -0.0582. The van der Waals surface area contributed by atoms with E-state index >= 15 is 0 Å². The number of ether oxygens (including phenoxy) is 2. The van der Waals surface area contributed by atoms with Gasteiger partial charge in [0.25, 0.3) is 0 Å². The van der Waals surface area contributed by atoms with Gasteiger partial charge in [0.15, 0.2) is 0 Å². The molecule has 5 aliphatic rings. The minimum Gasteiger partial charge on any atom is -0.481 e. The normalized spacial score (nSPS) is 45.7. The molecule has 1 saturated heterocycles. The number of fused-ring (bicyclic) bond motifs is 3. The zero-order valence-electron chi connectivity index (χ0n) is 30.2. The van der Waals surface area contributed by atoms with E-state index in [9.17, 15) is 9.90 Å². The second kappa shape index (κ2) is 11.1. The zero-order valence-corrected chi connectivity index (χ0v) is 30.2. The summed E-state index contributed by atoms with van der Waals surface area (Å²) in [4.78, 5) is 13.5. The predicted molar refractivity (Wildman–Crippen MR) is 178 cm³/mol. The molecule has 0 amide bonds. The van der Waals surface area contributed by atoms with Crippen molar-refractivity contribution in [3.05, 3.63) is 18.0 Å². The van der Waals surface area contributed by atoms with Gasteiger partial charge in [0, 0.05) is 11.0 Å². The van der Waals surface area contributed by atoms with Gasteiger partial charge in [0.1, 0.15) is 6.33 Å². The van der Waals surface area contributed by atoms with Crippen molar-refractivity contribution >= 4 is 5.97 Å². The lowest BCUT2D eigenvalue weighted by atomic mass is 9.34. The van der Waals surface area contributed by atoms with Crippen LogP contribution in [0.1, 0.15) is 114 Å². The van der Waals surface area contributed by atoms with Crippen LogP contribution in [0.15, 0.2) is 18.0 Å². The van der Waals surface area contributed by atoms with E-state index in [1.165, 1.54) is 5.57 Å². The topological polar surface area (TPSA) is 125 Å². The summed E-state index contributed by atoms with van der Waals surface area (Å²) in [7, 11) is 0. The van der Waals surface area contributed by atoms with Crippen LogP contribution in [0.25, 0.3) is 0 Å². The Morgan fingerprint density at radius 2 is 1.85 bits per heavy atom. The van der Waals surface area contributed by atoms with E-state index in [1.54, 1.807) is 6.33 Å². The molecule has 9 heteroatoms. The third-order valence-electron chi connectivity index (χ3n) is 15.6. The molecule has 4 aliphatic carbocycles. The Morgan fingerprint density at radius 1 is 1.13 bits per heavy atom. The Morgan fingerprint density at radius 3 is 2.46 bits per heavy atom. The number of rotatable bonds is 8. The molecular weight excluding hydrogens is 578 g/mol. The van der Waals surface area contributed by atoms with Crippen LogP contribution in [-0.4, -0.2) is 62.7 Å². The molecule has 1 unspecified atom stereocenters. The maximum Gasteiger partial charge on any atom is 0.307 e. The molecule has 258 valence electrons. The van der Waals surface area contributed by atoms with Crippen molar-refractivity contribution in [2.45, 2.75) is 125 Å². The first-order valence-electron chi connectivity index (χ1n) is 18.0. The van der Waals surface area contributed by atoms with Gasteiger partial charge in [-0.3, -0.25) is 4.79 Å². The van der Waals surface area contributed by atoms with Crippen molar-refractivity contribution in [2.24, 2.45) is 68.3 Å². The van der Waals surface area contributed by atoms with Gasteiger partial charge in [0.05, 0.1) is 37.9 Å². The average molecular weight is 640 g/mol. The summed E-state index contributed by atoms with van der Waals surface area (Å²) in [5, 5.41) is 23.6. The van der Waals surface area contributed by atoms with Crippen LogP contribution in [0.4, 0.5) is 0 Å². The van der Waals surface area contributed by atoms with Crippen LogP contribution in [0.5, 0.6) is 0 Å². The molecule has 0 aromatic carbocycles. The van der Waals surface area contributed by atoms with Gasteiger partial charge in [-0.25, -0.2) is 4.68 Å². The molecule has 1 aliphatic heterocycles. The lowest BCUT2D eigenvalue weighted by molar-refractivity contribution is -0.254. The van der Waals surface area contributed by atoms with Crippen molar-refractivity contribution in [2.75, 3.05) is 19.8 Å². The summed E-state index contributed by atoms with van der Waals surface area (Å²) >= 11 is 0. The van der Waals surface area contributed by atoms with Gasteiger partial charge >= 0.3 is 5.97 Å². The van der Waals surface area contributed by atoms with E-state index in [0.29, 0.717) is 37.6 Å². The van der Waals surface area contributed by atoms with Gasteiger partial charge in [-0.1, -0.05) is 74.0 Å². The van der Waals surface area contributed by atoms with E-state index in [2.05, 4.69) is 90.8 Å². The number of carboxylic acids is 1. The Bertz CT molecular complexity index is 1340. The number of aromatic nitrogens is 4. The number of hydrogen-bond donors (Lipinski definition) is 2. The number of tetrazole rings is 1. The van der Waals surface area contributed by atoms with Crippen LogP contribution >= 0.6 is 0 Å². The van der Waals surface area contributed by atoms with E-state index in [4.69, 9.17) is 15.2 Å². The number of carboxylic acid groups (broad SMARTS) is 1. The molecule has 12 atom stereocenters. The second-order valence-electron chi connectivity index (χ2n) is 18.3. The van der Waals surface area contributed by atoms with Crippen molar-refractivity contribution in [1.82, 2.24) is 20.2 Å². The van der Waals surface area contributed by atoms with Gasteiger partial charge < -0.3 is 20.3 Å². The standard InChI is InChI=1S/C37H61N5O4/c1-22(2)24(5)33(7)15-16-34(8)25-11-12-28-32(6)17-27(42-21-39-40-41-42)30(46-19-36(10,38)23(3)4)37(28,20-45-18-32)26(25)13-14-35(34,9)29(33)31(43)44/h13,21-25,27-30H,11-12,14-20,38H2,1-10H3,(H,43,44)/t24-,25+,27-,28-,29-,30+,32-,33-,34-,35+,36?,37+/m1/s1. The van der Waals surface area contributed by atoms with Gasteiger partial charge in [-0.15, -0.1) is 5.10 Å². The summed E-state index contributed by atoms with van der Waals surface area (Å²) in [6.07, 6.45) is 9.74. The first-order chi connectivity index (χ1) is 21.4. The quantitative estimate of drug-likeness (QED) is 0.306. The number of carbonyl (C=O) groups is 1. The maximum absolute atomic E-state index is 13.5. The SMILES string of the molecule is CC(C)[C@@H](C)[C@@]1(C)CC[C@]2(C)[C@H]3CC[C@@H]4[C@@]5(C)COC[C@@]4(C3=CC[C@@]2(C)[C@@H]1C(=O)O)[C@@H](OCC(C)(N)C(C)C)[C@H](n1cnnn1)C5. The lowest BCUT2D eigenvalue weighted by Crippen LogP contribution is -2.70. The highest BCUT2D eigenvalue weighted by Gasteiger charge is 2.72. The molecule has 0 radical (unpaired) electrons. The fraction of sp³-hybridized carbons (Fsp3) is 0.892. The highest BCUT2D eigenvalue weighted by molar-refractivity contribution is 5.73. The molecule has 1 aromatic rings. The van der Waals surface area contributed by atoms with Crippen LogP contribution in [0, 0.1) is 62.6 Å². The molecule has 2 bridgehead atoms. The third kappa shape index (κ3) is 4.56. The van der Waals surface area contributed by atoms with Crippen molar-refractivity contribution in [1.29, 1.82) is 0 Å². The van der Waals surface area contributed by atoms with Crippen molar-refractivity contribution in [3.63, 3.8) is 0 Å². The molecule has 3 saturated carbocycles. The molecule has 0 spiro atoms. The maximum atomic E-state index is 13.5. The summed E-state index contributed by atoms with van der Waals surface area (Å²) in [5.74, 6) is 0.555. The number of allylic oxidation sites excluding steroid dienone is 1. The van der Waals surface area contributed by atoms with Gasteiger partial charge in [-0.2, -0.15) is 0 Å². The first-order valence-corrected chi connectivity index (χ1v) is 18.0. The Hall–Kier alpha value is -1.84. The predicted octanol–water partition coefficient (Wildman–Crippen LogP) is 6.56. The van der Waals surface area contributed by atoms with Crippen LogP contribution in [0.2, 0.25) is 0 Å². The largest absolute Gasteiger partial charge is 0.481 e. The fourth-order valence-corrected chi connectivity index (χ4v) is 11.9. The molecule has 4 fully saturated rings. The Balaban J connectivity index is 1.51. The highest BCUT2D eigenvalue weighted by Crippen LogP contribution is 2.75. The molecule has 6 rings (SSSR count). The van der Waals surface area contributed by atoms with Gasteiger partial charge in [-0.05, 0) is 107 Å². The monoisotopic (exact) mass is 639 g/mol. The number of hydrogen-bond acceptors (Lipinski definition) is 7. The lowest BCUT2D eigenvalue weighted by Gasteiger charge is -2.71. The van der Waals surface area contributed by atoms with E-state index in [1.807, 2.05) is 4.68 Å². The third-order valence-corrected chi connectivity index (χ3v) is 15.6. The van der Waals surface area contributed by atoms with Crippen LogP contribution in [0.3, 0.4) is 0 Å². The number of aliphatic carboxylic acids is 1. The highest BCUT2D eigenvalue weighted by atomic mass is 16.5. The average Bonchev–Trinajstić information content (AvgIpc) is 3.51. The molecule has 2 heterocycles. The van der Waals surface area contributed by atoms with E-state index in [-0.39, 0.29) is 51.1 Å². The van der Waals surface area contributed by atoms with E-state index < -0.39 is 17.4 Å². The molecule has 46 heavy (non-hydrogen) atoms. The second-order valence-corrected chi connectivity index (χ2v) is 18.3. The molecule has 1 aromatic heterocycles. The molecule has 3 N–H and O–H groups in total. The first kappa shape index (κ1) is 34.0. The van der Waals surface area contributed by atoms with Crippen LogP contribution in [-0.2, 0) is 14.3 Å². The summed E-state index contributed by atoms with van der Waals surface area (Å²) in [6.45, 7) is 24.3. The van der Waals surface area contributed by atoms with E-state index in [0.717, 1.165) is 38.5 Å². The number of nitrogens with two attached hydrogens (primary N) is 1. The minimum atomic E-state index is -0.630. The van der Waals surface area contributed by atoms with Crippen LogP contribution < -0.4 is 5.73 Å². The zero-order chi connectivity index (χ0) is 33.7. The smallest absolute Gasteiger partial charge is 0.307 e. The summed E-state index contributed by atoms with van der Waals surface area (Å²) < 4.78 is 15.8. The molecular formula is C37H61N5O4. The van der Waals surface area contributed by atoms with Gasteiger partial charge in [0.2, 0.25) is 0 Å². The van der Waals surface area contributed by atoms with Crippen molar-refractivity contribution < 1.29 is 19.4 Å². The Kier molecular flexibility index (Phi) is 8.21. The molecule has 9 nitrogen and oxygen atoms in total. The number of nitrogens with zero attached hydrogens (tertiary/aromatic N) is 4. The Labute approximate surface area is 276 Å². The fourth-order valence-electron chi connectivity index (χ4n) is 11.9. The van der Waals surface area contributed by atoms with Crippen molar-refractivity contribution in [3.8, 4) is 0 Å². The summed E-state index contributed by atoms with van der Waals surface area (Å²) in [5.41, 5.74) is 6.56. The minimum absolute atomic E-state index is 0.0582.